The van der Waals surface area contributed by atoms with E-state index in [1.54, 1.807) is 56.7 Å². The number of aromatic nitrogens is 1. The van der Waals surface area contributed by atoms with E-state index in [2.05, 4.69) is 10.3 Å². The molecule has 7 heteroatoms. The monoisotopic (exact) mass is 340 g/mol. The Morgan fingerprint density at radius 3 is 2.72 bits per heavy atom. The second kappa shape index (κ2) is 6.96. The quantitative estimate of drug-likeness (QED) is 0.697. The van der Waals surface area contributed by atoms with Gasteiger partial charge in [0.1, 0.15) is 5.52 Å². The van der Waals surface area contributed by atoms with E-state index in [9.17, 15) is 9.59 Å². The van der Waals surface area contributed by atoms with Crippen LogP contribution < -0.4 is 20.5 Å². The number of hydrogen-bond acceptors (Lipinski definition) is 5. The van der Waals surface area contributed by atoms with Crippen LogP contribution in [0.2, 0.25) is 0 Å². The molecule has 7 nitrogen and oxygen atoms in total. The number of fused-ring (bicyclic) bond motifs is 1. The third-order valence-electron chi connectivity index (χ3n) is 3.55. The fraction of sp³-hybridized carbons (Fsp3) is 0.111. The molecular weight excluding hydrogens is 324 g/mol. The van der Waals surface area contributed by atoms with E-state index in [1.807, 2.05) is 0 Å². The fourth-order valence-electron chi connectivity index (χ4n) is 2.38. The highest BCUT2D eigenvalue weighted by molar-refractivity contribution is 6.05. The maximum absolute atomic E-state index is 12.1. The average molecular weight is 340 g/mol. The lowest BCUT2D eigenvalue weighted by Gasteiger charge is -2.07. The van der Waals surface area contributed by atoms with Crippen molar-refractivity contribution >= 4 is 28.8 Å². The van der Waals surface area contributed by atoms with Crippen LogP contribution in [0.25, 0.3) is 17.2 Å². The summed E-state index contributed by atoms with van der Waals surface area (Å²) in [6.45, 7) is 0. The van der Waals surface area contributed by atoms with E-state index in [4.69, 9.17) is 13.9 Å². The first kappa shape index (κ1) is 16.4. The molecule has 0 radical (unpaired) electrons. The van der Waals surface area contributed by atoms with E-state index in [1.165, 1.54) is 6.08 Å². The van der Waals surface area contributed by atoms with Crippen molar-refractivity contribution in [2.24, 2.45) is 0 Å². The van der Waals surface area contributed by atoms with Crippen LogP contribution in [-0.2, 0) is 4.79 Å². The summed E-state index contributed by atoms with van der Waals surface area (Å²) in [5, 5.41) is 2.71. The van der Waals surface area contributed by atoms with Gasteiger partial charge in [0.15, 0.2) is 17.1 Å². The zero-order chi connectivity index (χ0) is 17.8. The van der Waals surface area contributed by atoms with Crippen LogP contribution in [0.1, 0.15) is 5.56 Å². The number of hydrogen-bond donors (Lipinski definition) is 2. The molecule has 0 aliphatic carbocycles. The van der Waals surface area contributed by atoms with Crippen molar-refractivity contribution in [3.63, 3.8) is 0 Å². The first-order valence-electron chi connectivity index (χ1n) is 7.43. The third kappa shape index (κ3) is 3.55. The summed E-state index contributed by atoms with van der Waals surface area (Å²) in [5.74, 6) is 0.271. The number of carbonyl (C=O) groups excluding carboxylic acids is 1. The molecule has 128 valence electrons. The zero-order valence-corrected chi connectivity index (χ0v) is 13.7. The van der Waals surface area contributed by atoms with E-state index >= 15 is 0 Å². The predicted octanol–water partition coefficient (Wildman–Crippen LogP) is 2.79. The Kier molecular flexibility index (Phi) is 4.56. The average Bonchev–Trinajstić information content (AvgIpc) is 3.01. The van der Waals surface area contributed by atoms with Crippen LogP contribution in [0.5, 0.6) is 11.5 Å². The third-order valence-corrected chi connectivity index (χ3v) is 3.55. The van der Waals surface area contributed by atoms with E-state index < -0.39 is 5.76 Å². The number of carbonyl (C=O) groups is 1. The first-order valence-corrected chi connectivity index (χ1v) is 7.43. The smallest absolute Gasteiger partial charge is 0.417 e. The highest BCUT2D eigenvalue weighted by Crippen LogP contribution is 2.28. The second-order valence-corrected chi connectivity index (χ2v) is 5.13. The van der Waals surface area contributed by atoms with Gasteiger partial charge in [0, 0.05) is 6.08 Å². The van der Waals surface area contributed by atoms with Crippen LogP contribution >= 0.6 is 0 Å². The summed E-state index contributed by atoms with van der Waals surface area (Å²) in [5.41, 5.74) is 2.07. The molecule has 1 aromatic heterocycles. The van der Waals surface area contributed by atoms with Gasteiger partial charge in [0.05, 0.1) is 19.9 Å². The molecule has 0 saturated carbocycles. The molecule has 2 N–H and O–H groups in total. The normalized spacial score (nSPS) is 11.0. The molecule has 0 saturated heterocycles. The molecule has 0 fully saturated rings. The Morgan fingerprint density at radius 2 is 1.96 bits per heavy atom. The van der Waals surface area contributed by atoms with Crippen molar-refractivity contribution in [1.82, 2.24) is 4.98 Å². The number of benzene rings is 2. The number of anilines is 1. The minimum atomic E-state index is -0.572. The van der Waals surface area contributed by atoms with Gasteiger partial charge in [0.2, 0.25) is 5.91 Å². The van der Waals surface area contributed by atoms with Crippen molar-refractivity contribution in [3.8, 4) is 11.5 Å². The maximum Gasteiger partial charge on any atom is 0.417 e. The predicted molar refractivity (Wildman–Crippen MR) is 94.0 cm³/mol. The van der Waals surface area contributed by atoms with Crippen LogP contribution in [0.3, 0.4) is 0 Å². The largest absolute Gasteiger partial charge is 0.493 e. The molecule has 1 amide bonds. The number of ether oxygens (including phenoxy) is 2. The molecule has 0 spiro atoms. The summed E-state index contributed by atoms with van der Waals surface area (Å²) in [4.78, 5) is 26.0. The standard InChI is InChI=1S/C18H16N2O5/c1-23-13-8-6-11(10-15(13)24-2)7-9-16(21)19-12-4-3-5-14-17(12)20-18(22)25-14/h3-10H,1-2H3,(H,19,21)(H,20,22)/b9-7+. The highest BCUT2D eigenvalue weighted by atomic mass is 16.5. The summed E-state index contributed by atoms with van der Waals surface area (Å²) in [6.07, 6.45) is 3.04. The van der Waals surface area contributed by atoms with E-state index in [-0.39, 0.29) is 5.91 Å². The molecule has 0 atom stereocenters. The Balaban J connectivity index is 1.78. The maximum atomic E-state index is 12.1. The highest BCUT2D eigenvalue weighted by Gasteiger charge is 2.08. The zero-order valence-electron chi connectivity index (χ0n) is 13.7. The van der Waals surface area contributed by atoms with Gasteiger partial charge in [-0.1, -0.05) is 12.1 Å². The van der Waals surface area contributed by atoms with E-state index in [0.717, 1.165) is 5.56 Å². The fourth-order valence-corrected chi connectivity index (χ4v) is 2.38. The first-order chi connectivity index (χ1) is 12.1. The summed E-state index contributed by atoms with van der Waals surface area (Å²) >= 11 is 0. The van der Waals surface area contributed by atoms with Crippen molar-refractivity contribution in [3.05, 3.63) is 58.6 Å². The lowest BCUT2D eigenvalue weighted by Crippen LogP contribution is -2.08. The lowest BCUT2D eigenvalue weighted by atomic mass is 10.2. The molecular formula is C18H16N2O5. The van der Waals surface area contributed by atoms with Gasteiger partial charge < -0.3 is 19.2 Å². The molecule has 3 aromatic rings. The Hall–Kier alpha value is -3.48. The number of para-hydroxylation sites is 1. The molecule has 0 aliphatic rings. The van der Waals surface area contributed by atoms with Crippen molar-refractivity contribution < 1.29 is 18.7 Å². The summed E-state index contributed by atoms with van der Waals surface area (Å²) in [6, 6.07) is 10.3. The van der Waals surface area contributed by atoms with Crippen LogP contribution in [0.4, 0.5) is 5.69 Å². The minimum Gasteiger partial charge on any atom is -0.493 e. The summed E-state index contributed by atoms with van der Waals surface area (Å²) in [7, 11) is 3.10. The number of aromatic amines is 1. The van der Waals surface area contributed by atoms with Gasteiger partial charge in [-0.05, 0) is 35.9 Å². The number of rotatable bonds is 5. The minimum absolute atomic E-state index is 0.343. The number of oxazole rings is 1. The molecule has 1 heterocycles. The molecule has 0 unspecified atom stereocenters. The number of amides is 1. The number of H-pyrrole nitrogens is 1. The lowest BCUT2D eigenvalue weighted by molar-refractivity contribution is -0.111. The Morgan fingerprint density at radius 1 is 1.16 bits per heavy atom. The van der Waals surface area contributed by atoms with Gasteiger partial charge in [0.25, 0.3) is 0 Å². The number of nitrogens with one attached hydrogen (secondary N) is 2. The molecule has 0 aliphatic heterocycles. The van der Waals surface area contributed by atoms with Gasteiger partial charge in [-0.15, -0.1) is 0 Å². The topological polar surface area (TPSA) is 93.6 Å². The van der Waals surface area contributed by atoms with Crippen molar-refractivity contribution in [1.29, 1.82) is 0 Å². The Labute approximate surface area is 142 Å². The van der Waals surface area contributed by atoms with E-state index in [0.29, 0.717) is 28.3 Å². The van der Waals surface area contributed by atoms with Gasteiger partial charge in [-0.25, -0.2) is 4.79 Å². The van der Waals surface area contributed by atoms with Gasteiger partial charge in [-0.3, -0.25) is 9.78 Å². The summed E-state index contributed by atoms with van der Waals surface area (Å²) < 4.78 is 15.4. The SMILES string of the molecule is COc1ccc(/C=C/C(=O)Nc2cccc3oc(=O)[nH]c23)cc1OC. The molecule has 2 aromatic carbocycles. The van der Waals surface area contributed by atoms with Crippen molar-refractivity contribution in [2.75, 3.05) is 19.5 Å². The van der Waals surface area contributed by atoms with Crippen LogP contribution in [-0.4, -0.2) is 25.1 Å². The van der Waals surface area contributed by atoms with Crippen molar-refractivity contribution in [2.45, 2.75) is 0 Å². The molecule has 3 rings (SSSR count). The van der Waals surface area contributed by atoms with Gasteiger partial charge in [-0.2, -0.15) is 0 Å². The van der Waals surface area contributed by atoms with Gasteiger partial charge >= 0.3 is 5.76 Å². The van der Waals surface area contributed by atoms with Crippen LogP contribution in [0, 0.1) is 0 Å². The molecule has 0 bridgehead atoms. The molecule has 25 heavy (non-hydrogen) atoms. The Bertz CT molecular complexity index is 1000. The number of methoxy groups -OCH3 is 2. The second-order valence-electron chi connectivity index (χ2n) is 5.13. The van der Waals surface area contributed by atoms with Crippen LogP contribution in [0.15, 0.2) is 51.7 Å².